The Balaban J connectivity index is 2.29. The summed E-state index contributed by atoms with van der Waals surface area (Å²) in [6.07, 6.45) is 1.99. The van der Waals surface area contributed by atoms with E-state index in [4.69, 9.17) is 19.8 Å². The molecule has 1 fully saturated rings. The number of nitrogens with two attached hydrogens (primary N) is 1. The average Bonchev–Trinajstić information content (AvgIpc) is 2.65. The summed E-state index contributed by atoms with van der Waals surface area (Å²) in [6.45, 7) is 10.4. The van der Waals surface area contributed by atoms with Crippen LogP contribution in [0.4, 0.5) is 0 Å². The molecular formula is C16H25BN2O3. The number of ether oxygens (including phenoxy) is 1. The summed E-state index contributed by atoms with van der Waals surface area (Å²) in [7, 11) is 1.17. The molecule has 1 saturated heterocycles. The zero-order valence-electron chi connectivity index (χ0n) is 14.3. The van der Waals surface area contributed by atoms with Crippen molar-refractivity contribution in [1.29, 1.82) is 0 Å². The van der Waals surface area contributed by atoms with Gasteiger partial charge < -0.3 is 19.8 Å². The van der Waals surface area contributed by atoms with Crippen LogP contribution in [0.25, 0.3) is 6.08 Å². The molecule has 0 saturated carbocycles. The molecule has 2 heterocycles. The predicted octanol–water partition coefficient (Wildman–Crippen LogP) is 2.37. The lowest BCUT2D eigenvalue weighted by Crippen LogP contribution is -2.41. The molecule has 1 aliphatic rings. The second-order valence-electron chi connectivity index (χ2n) is 6.54. The van der Waals surface area contributed by atoms with Crippen LogP contribution in [-0.2, 0) is 9.31 Å². The minimum absolute atomic E-state index is 0.363. The molecule has 0 unspecified atom stereocenters. The highest BCUT2D eigenvalue weighted by Gasteiger charge is 2.52. The first kappa shape index (κ1) is 17.0. The normalized spacial score (nSPS) is 20.3. The molecule has 5 nitrogen and oxygen atoms in total. The predicted molar refractivity (Wildman–Crippen MR) is 88.6 cm³/mol. The fourth-order valence-electron chi connectivity index (χ4n) is 2.23. The van der Waals surface area contributed by atoms with Crippen molar-refractivity contribution in [3.8, 4) is 5.88 Å². The van der Waals surface area contributed by atoms with Crippen LogP contribution < -0.4 is 10.5 Å². The van der Waals surface area contributed by atoms with Gasteiger partial charge in [0, 0.05) is 18.3 Å². The second-order valence-corrected chi connectivity index (χ2v) is 6.54. The molecule has 0 aromatic carbocycles. The van der Waals surface area contributed by atoms with Gasteiger partial charge in [0.15, 0.2) is 0 Å². The van der Waals surface area contributed by atoms with Crippen LogP contribution in [0.5, 0.6) is 5.88 Å². The molecule has 22 heavy (non-hydrogen) atoms. The third-order valence-electron chi connectivity index (χ3n) is 4.44. The van der Waals surface area contributed by atoms with Crippen LogP contribution >= 0.6 is 0 Å². The maximum Gasteiger partial charge on any atom is 0.491 e. The maximum atomic E-state index is 6.06. The summed E-state index contributed by atoms with van der Waals surface area (Å²) in [6, 6.07) is 3.79. The second kappa shape index (κ2) is 6.03. The first-order valence-corrected chi connectivity index (χ1v) is 7.48. The number of aryl methyl sites for hydroxylation is 1. The van der Waals surface area contributed by atoms with Gasteiger partial charge in [-0.3, -0.25) is 0 Å². The SMILES string of the molecule is COc1ccc(C=C(CN)B2OC(C)(C)C(C)(C)O2)c(C)n1. The van der Waals surface area contributed by atoms with E-state index in [-0.39, 0.29) is 11.2 Å². The maximum absolute atomic E-state index is 6.06. The van der Waals surface area contributed by atoms with Gasteiger partial charge in [-0.05, 0) is 51.7 Å². The number of pyridine rings is 1. The van der Waals surface area contributed by atoms with E-state index in [0.29, 0.717) is 12.4 Å². The van der Waals surface area contributed by atoms with Crippen molar-refractivity contribution in [2.24, 2.45) is 5.73 Å². The van der Waals surface area contributed by atoms with Gasteiger partial charge in [0.05, 0.1) is 18.3 Å². The summed E-state index contributed by atoms with van der Waals surface area (Å²) < 4.78 is 17.2. The lowest BCUT2D eigenvalue weighted by molar-refractivity contribution is 0.00578. The number of hydrogen-bond acceptors (Lipinski definition) is 5. The molecular weight excluding hydrogens is 279 g/mol. The molecule has 0 atom stereocenters. The van der Waals surface area contributed by atoms with Crippen molar-refractivity contribution >= 4 is 13.2 Å². The van der Waals surface area contributed by atoms with Crippen molar-refractivity contribution in [2.75, 3.05) is 13.7 Å². The van der Waals surface area contributed by atoms with Crippen LogP contribution in [0.2, 0.25) is 0 Å². The van der Waals surface area contributed by atoms with Gasteiger partial charge in [-0.1, -0.05) is 6.08 Å². The standard InChI is InChI=1S/C16H25BN2O3/c1-11-12(7-8-14(19-11)20-6)9-13(10-18)17-21-15(2,3)16(4,5)22-17/h7-9H,10,18H2,1-6H3. The Labute approximate surface area is 133 Å². The number of nitrogens with zero attached hydrogens (tertiary/aromatic N) is 1. The van der Waals surface area contributed by atoms with E-state index in [2.05, 4.69) is 4.98 Å². The fourth-order valence-corrected chi connectivity index (χ4v) is 2.23. The Morgan fingerprint density at radius 2 is 1.86 bits per heavy atom. The highest BCUT2D eigenvalue weighted by atomic mass is 16.7. The van der Waals surface area contributed by atoms with Crippen LogP contribution in [0.15, 0.2) is 17.6 Å². The number of aromatic nitrogens is 1. The Morgan fingerprint density at radius 1 is 1.27 bits per heavy atom. The van der Waals surface area contributed by atoms with Crippen molar-refractivity contribution in [3.05, 3.63) is 28.9 Å². The van der Waals surface area contributed by atoms with Gasteiger partial charge in [0.2, 0.25) is 5.88 Å². The summed E-state index contributed by atoms with van der Waals surface area (Å²) >= 11 is 0. The van der Waals surface area contributed by atoms with Gasteiger partial charge >= 0.3 is 7.12 Å². The minimum Gasteiger partial charge on any atom is -0.481 e. The smallest absolute Gasteiger partial charge is 0.481 e. The molecule has 2 N–H and O–H groups in total. The van der Waals surface area contributed by atoms with Crippen LogP contribution in [0.1, 0.15) is 39.0 Å². The highest BCUT2D eigenvalue weighted by molar-refractivity contribution is 6.55. The molecule has 120 valence electrons. The molecule has 0 spiro atoms. The van der Waals surface area contributed by atoms with Crippen LogP contribution in [0, 0.1) is 6.92 Å². The van der Waals surface area contributed by atoms with E-state index in [1.54, 1.807) is 7.11 Å². The van der Waals surface area contributed by atoms with Gasteiger partial charge in [0.1, 0.15) is 0 Å². The lowest BCUT2D eigenvalue weighted by atomic mass is 9.77. The third-order valence-corrected chi connectivity index (χ3v) is 4.44. The molecule has 1 aromatic heterocycles. The van der Waals surface area contributed by atoms with E-state index in [9.17, 15) is 0 Å². The van der Waals surface area contributed by atoms with Crippen molar-refractivity contribution in [3.63, 3.8) is 0 Å². The van der Waals surface area contributed by atoms with Gasteiger partial charge in [-0.15, -0.1) is 0 Å². The van der Waals surface area contributed by atoms with Crippen molar-refractivity contribution in [1.82, 2.24) is 4.98 Å². The zero-order valence-corrected chi connectivity index (χ0v) is 14.3. The first-order valence-electron chi connectivity index (χ1n) is 7.48. The summed E-state index contributed by atoms with van der Waals surface area (Å²) in [5.74, 6) is 0.597. The molecule has 0 amide bonds. The van der Waals surface area contributed by atoms with Crippen LogP contribution in [0.3, 0.4) is 0 Å². The molecule has 2 rings (SSSR count). The zero-order chi connectivity index (χ0) is 16.5. The number of rotatable bonds is 4. The summed E-state index contributed by atoms with van der Waals surface area (Å²) in [4.78, 5) is 4.37. The van der Waals surface area contributed by atoms with Gasteiger partial charge in [-0.25, -0.2) is 4.98 Å². The Morgan fingerprint density at radius 3 is 2.32 bits per heavy atom. The average molecular weight is 304 g/mol. The monoisotopic (exact) mass is 304 g/mol. The topological polar surface area (TPSA) is 66.6 Å². The Hall–Kier alpha value is -1.37. The quantitative estimate of drug-likeness (QED) is 0.865. The summed E-state index contributed by atoms with van der Waals surface area (Å²) in [5.41, 5.74) is 7.91. The number of hydrogen-bond donors (Lipinski definition) is 1. The number of methoxy groups -OCH3 is 1. The molecule has 0 aliphatic carbocycles. The van der Waals surface area contributed by atoms with Gasteiger partial charge in [-0.2, -0.15) is 0 Å². The molecule has 6 heteroatoms. The Bertz CT molecular complexity index is 569. The molecule has 1 aliphatic heterocycles. The molecule has 0 bridgehead atoms. The molecule has 1 aromatic rings. The Kier molecular flexibility index (Phi) is 4.66. The van der Waals surface area contributed by atoms with Crippen molar-refractivity contribution in [2.45, 2.75) is 45.8 Å². The van der Waals surface area contributed by atoms with E-state index >= 15 is 0 Å². The van der Waals surface area contributed by atoms with Crippen molar-refractivity contribution < 1.29 is 14.0 Å². The van der Waals surface area contributed by atoms with Crippen LogP contribution in [-0.4, -0.2) is 37.0 Å². The minimum atomic E-state index is -0.434. The lowest BCUT2D eigenvalue weighted by Gasteiger charge is -2.32. The largest absolute Gasteiger partial charge is 0.491 e. The molecule has 0 radical (unpaired) electrons. The fraction of sp³-hybridized carbons (Fsp3) is 0.562. The van der Waals surface area contributed by atoms with E-state index in [1.165, 1.54) is 0 Å². The summed E-state index contributed by atoms with van der Waals surface area (Å²) in [5, 5.41) is 0. The van der Waals surface area contributed by atoms with E-state index < -0.39 is 7.12 Å². The first-order chi connectivity index (χ1) is 10.2. The van der Waals surface area contributed by atoms with E-state index in [0.717, 1.165) is 16.7 Å². The van der Waals surface area contributed by atoms with Gasteiger partial charge in [0.25, 0.3) is 0 Å². The van der Waals surface area contributed by atoms with E-state index in [1.807, 2.05) is 52.8 Å². The highest BCUT2D eigenvalue weighted by Crippen LogP contribution is 2.38. The third kappa shape index (κ3) is 3.19.